The van der Waals surface area contributed by atoms with E-state index in [0.717, 1.165) is 16.5 Å². The van der Waals surface area contributed by atoms with Crippen molar-refractivity contribution in [3.8, 4) is 5.75 Å². The van der Waals surface area contributed by atoms with Crippen molar-refractivity contribution in [3.05, 3.63) is 76.3 Å². The fourth-order valence-electron chi connectivity index (χ4n) is 2.78. The van der Waals surface area contributed by atoms with Crippen LogP contribution in [0.3, 0.4) is 0 Å². The number of hydrazone groups is 1. The fourth-order valence-corrected chi connectivity index (χ4v) is 2.78. The van der Waals surface area contributed by atoms with Gasteiger partial charge in [-0.05, 0) is 29.0 Å². The Kier molecular flexibility index (Phi) is 6.03. The third-order valence-corrected chi connectivity index (χ3v) is 4.19. The predicted molar refractivity (Wildman–Crippen MR) is 113 cm³/mol. The lowest BCUT2D eigenvalue weighted by Crippen LogP contribution is -2.24. The summed E-state index contributed by atoms with van der Waals surface area (Å²) in [5.74, 6) is 0.141. The Hall–Kier alpha value is -3.94. The summed E-state index contributed by atoms with van der Waals surface area (Å²) >= 11 is 0. The average Bonchev–Trinajstić information content (AvgIpc) is 2.71. The summed E-state index contributed by atoms with van der Waals surface area (Å²) in [5, 5.41) is 17.0. The van der Waals surface area contributed by atoms with E-state index in [0.29, 0.717) is 11.3 Å². The van der Waals surface area contributed by atoms with E-state index in [2.05, 4.69) is 10.5 Å². The first-order valence-corrected chi connectivity index (χ1v) is 8.83. The molecule has 0 aliphatic carbocycles. The number of benzene rings is 3. The van der Waals surface area contributed by atoms with Gasteiger partial charge in [0.2, 0.25) is 0 Å². The van der Waals surface area contributed by atoms with E-state index >= 15 is 0 Å². The summed E-state index contributed by atoms with van der Waals surface area (Å²) in [6.07, 6.45) is 1.37. The van der Waals surface area contributed by atoms with Crippen molar-refractivity contribution in [2.75, 3.05) is 25.6 Å². The molecule has 0 saturated heterocycles. The Balaban J connectivity index is 1.61. The number of nitro groups is 1. The Morgan fingerprint density at radius 1 is 1.14 bits per heavy atom. The minimum Gasteiger partial charge on any atom is -0.484 e. The van der Waals surface area contributed by atoms with Crippen LogP contribution >= 0.6 is 0 Å². The molecule has 0 spiro atoms. The quantitative estimate of drug-likeness (QED) is 0.378. The molecule has 0 atom stereocenters. The minimum absolute atomic E-state index is 0.0528. The van der Waals surface area contributed by atoms with Gasteiger partial charge >= 0.3 is 0 Å². The summed E-state index contributed by atoms with van der Waals surface area (Å²) in [4.78, 5) is 24.3. The maximum atomic E-state index is 12.0. The lowest BCUT2D eigenvalue weighted by Gasteiger charge is -2.14. The number of nitrogens with one attached hydrogen (secondary N) is 1. The number of non-ortho nitro benzene ring substituents is 1. The third kappa shape index (κ3) is 5.07. The molecular formula is C21H20N4O4. The van der Waals surface area contributed by atoms with E-state index in [4.69, 9.17) is 4.74 Å². The molecule has 0 unspecified atom stereocenters. The summed E-state index contributed by atoms with van der Waals surface area (Å²) in [5.41, 5.74) is 3.57. The second-order valence-electron chi connectivity index (χ2n) is 6.49. The van der Waals surface area contributed by atoms with Crippen LogP contribution in [-0.4, -0.2) is 37.7 Å². The number of amides is 1. The Labute approximate surface area is 167 Å². The molecule has 0 aliphatic rings. The van der Waals surface area contributed by atoms with Crippen molar-refractivity contribution in [1.29, 1.82) is 0 Å². The number of hydrogen-bond acceptors (Lipinski definition) is 6. The van der Waals surface area contributed by atoms with Gasteiger partial charge in [-0.3, -0.25) is 14.9 Å². The van der Waals surface area contributed by atoms with Crippen LogP contribution in [0.5, 0.6) is 5.75 Å². The van der Waals surface area contributed by atoms with Gasteiger partial charge in [-0.1, -0.05) is 30.3 Å². The van der Waals surface area contributed by atoms with E-state index in [1.165, 1.54) is 18.3 Å². The van der Waals surface area contributed by atoms with Gasteiger partial charge in [0.15, 0.2) is 6.61 Å². The molecule has 148 valence electrons. The van der Waals surface area contributed by atoms with Gasteiger partial charge in [0.1, 0.15) is 5.75 Å². The van der Waals surface area contributed by atoms with Crippen LogP contribution in [0.15, 0.2) is 65.8 Å². The van der Waals surface area contributed by atoms with Crippen molar-refractivity contribution < 1.29 is 14.5 Å². The van der Waals surface area contributed by atoms with Crippen LogP contribution in [-0.2, 0) is 4.79 Å². The lowest BCUT2D eigenvalue weighted by molar-refractivity contribution is -0.384. The molecular weight excluding hydrogens is 372 g/mol. The van der Waals surface area contributed by atoms with E-state index in [1.807, 2.05) is 50.5 Å². The third-order valence-electron chi connectivity index (χ3n) is 4.19. The monoisotopic (exact) mass is 392 g/mol. The zero-order valence-electron chi connectivity index (χ0n) is 16.0. The number of nitro benzene ring substituents is 1. The maximum Gasteiger partial charge on any atom is 0.277 e. The fraction of sp³-hybridized carbons (Fsp3) is 0.143. The summed E-state index contributed by atoms with van der Waals surface area (Å²) in [6.45, 7) is -0.203. The number of rotatable bonds is 7. The molecule has 0 bridgehead atoms. The van der Waals surface area contributed by atoms with Gasteiger partial charge in [-0.2, -0.15) is 5.10 Å². The van der Waals surface area contributed by atoms with Crippen LogP contribution in [0.1, 0.15) is 5.56 Å². The molecule has 0 aliphatic heterocycles. The first-order chi connectivity index (χ1) is 13.9. The molecule has 8 nitrogen and oxygen atoms in total. The van der Waals surface area contributed by atoms with Gasteiger partial charge in [-0.15, -0.1) is 0 Å². The standard InChI is InChI=1S/C21H20N4O4/c1-24(2)20-10-8-18(25(27)28)11-17(20)13-22-23-21(26)14-29-19-9-7-15-5-3-4-6-16(15)12-19/h3-13H,14H2,1-2H3,(H,23,26). The van der Waals surface area contributed by atoms with Gasteiger partial charge in [0, 0.05) is 37.5 Å². The van der Waals surface area contributed by atoms with Gasteiger partial charge in [0.05, 0.1) is 11.1 Å². The van der Waals surface area contributed by atoms with E-state index in [-0.39, 0.29) is 12.3 Å². The Morgan fingerprint density at radius 3 is 2.62 bits per heavy atom. The topological polar surface area (TPSA) is 97.1 Å². The Morgan fingerprint density at radius 2 is 1.90 bits per heavy atom. The molecule has 3 rings (SSSR count). The second kappa shape index (κ2) is 8.83. The van der Waals surface area contributed by atoms with Crippen LogP contribution in [0, 0.1) is 10.1 Å². The number of hydrogen-bond donors (Lipinski definition) is 1. The molecule has 1 amide bonds. The second-order valence-corrected chi connectivity index (χ2v) is 6.49. The average molecular weight is 392 g/mol. The van der Waals surface area contributed by atoms with Gasteiger partial charge in [0.25, 0.3) is 11.6 Å². The van der Waals surface area contributed by atoms with E-state index in [9.17, 15) is 14.9 Å². The maximum absolute atomic E-state index is 12.0. The van der Waals surface area contributed by atoms with Crippen molar-refractivity contribution in [3.63, 3.8) is 0 Å². The number of fused-ring (bicyclic) bond motifs is 1. The zero-order valence-corrected chi connectivity index (χ0v) is 16.0. The highest BCUT2D eigenvalue weighted by molar-refractivity contribution is 5.90. The van der Waals surface area contributed by atoms with Crippen molar-refractivity contribution in [1.82, 2.24) is 5.43 Å². The molecule has 0 heterocycles. The Bertz CT molecular complexity index is 1080. The SMILES string of the molecule is CN(C)c1ccc([N+](=O)[O-])cc1C=NNC(=O)COc1ccc2ccccc2c1. The smallest absolute Gasteiger partial charge is 0.277 e. The molecule has 0 radical (unpaired) electrons. The largest absolute Gasteiger partial charge is 0.484 e. The predicted octanol–water partition coefficient (Wildman–Crippen LogP) is 3.34. The van der Waals surface area contributed by atoms with Crippen molar-refractivity contribution >= 4 is 34.3 Å². The summed E-state index contributed by atoms with van der Waals surface area (Å²) in [6, 6.07) is 17.9. The van der Waals surface area contributed by atoms with E-state index in [1.54, 1.807) is 17.0 Å². The van der Waals surface area contributed by atoms with Crippen LogP contribution in [0.2, 0.25) is 0 Å². The highest BCUT2D eigenvalue weighted by atomic mass is 16.6. The first kappa shape index (κ1) is 19.8. The van der Waals surface area contributed by atoms with Gasteiger partial charge < -0.3 is 9.64 Å². The molecule has 3 aromatic rings. The highest BCUT2D eigenvalue weighted by Crippen LogP contribution is 2.23. The molecule has 29 heavy (non-hydrogen) atoms. The normalized spacial score (nSPS) is 10.8. The molecule has 8 heteroatoms. The van der Waals surface area contributed by atoms with Crippen LogP contribution < -0.4 is 15.1 Å². The van der Waals surface area contributed by atoms with E-state index < -0.39 is 10.8 Å². The summed E-state index contributed by atoms with van der Waals surface area (Å²) in [7, 11) is 3.63. The highest BCUT2D eigenvalue weighted by Gasteiger charge is 2.11. The molecule has 0 saturated carbocycles. The van der Waals surface area contributed by atoms with Crippen molar-refractivity contribution in [2.24, 2.45) is 5.10 Å². The number of ether oxygens (including phenoxy) is 1. The lowest BCUT2D eigenvalue weighted by atomic mass is 10.1. The van der Waals surface area contributed by atoms with Crippen LogP contribution in [0.25, 0.3) is 10.8 Å². The first-order valence-electron chi connectivity index (χ1n) is 8.83. The molecule has 1 N–H and O–H groups in total. The van der Waals surface area contributed by atoms with Crippen LogP contribution in [0.4, 0.5) is 11.4 Å². The number of nitrogens with zero attached hydrogens (tertiary/aromatic N) is 3. The van der Waals surface area contributed by atoms with Gasteiger partial charge in [-0.25, -0.2) is 5.43 Å². The zero-order chi connectivity index (χ0) is 20.8. The number of carbonyl (C=O) groups is 1. The minimum atomic E-state index is -0.479. The van der Waals surface area contributed by atoms with Crippen molar-refractivity contribution in [2.45, 2.75) is 0 Å². The summed E-state index contributed by atoms with van der Waals surface area (Å²) < 4.78 is 5.51. The number of anilines is 1. The molecule has 0 aromatic heterocycles. The molecule has 3 aromatic carbocycles. The number of carbonyl (C=O) groups excluding carboxylic acids is 1. The molecule has 0 fully saturated rings.